The third-order valence-electron chi connectivity index (χ3n) is 2.38. The molecule has 1 aromatic heterocycles. The molecule has 2 rings (SSSR count). The van der Waals surface area contributed by atoms with Crippen molar-refractivity contribution in [2.75, 3.05) is 0 Å². The summed E-state index contributed by atoms with van der Waals surface area (Å²) in [7, 11) is 0. The Morgan fingerprint density at radius 1 is 1.54 bits per heavy atom. The first-order valence-corrected chi connectivity index (χ1v) is 4.51. The van der Waals surface area contributed by atoms with Crippen LogP contribution in [0.2, 0.25) is 0 Å². The number of carbonyl (C=O) groups is 1. The summed E-state index contributed by atoms with van der Waals surface area (Å²) in [6, 6.07) is 0.393. The van der Waals surface area contributed by atoms with Gasteiger partial charge in [0.2, 0.25) is 0 Å². The lowest BCUT2D eigenvalue weighted by molar-refractivity contribution is 0.0945. The van der Waals surface area contributed by atoms with E-state index in [9.17, 15) is 4.79 Å². The number of aryl methyl sites for hydroxylation is 1. The highest BCUT2D eigenvalue weighted by atomic mass is 16.2. The van der Waals surface area contributed by atoms with Gasteiger partial charge in [0.05, 0.1) is 0 Å². The molecule has 0 atom stereocenters. The number of aromatic amines is 1. The zero-order chi connectivity index (χ0) is 9.42. The van der Waals surface area contributed by atoms with Gasteiger partial charge in [-0.25, -0.2) is 0 Å². The quantitative estimate of drug-likeness (QED) is 0.709. The number of H-pyrrole nitrogens is 1. The molecule has 0 bridgehead atoms. The summed E-state index contributed by atoms with van der Waals surface area (Å²) in [5.74, 6) is -0.0515. The molecule has 0 aliphatic heterocycles. The summed E-state index contributed by atoms with van der Waals surface area (Å²) in [6.45, 7) is 3.82. The molecular weight excluding hydrogens is 166 g/mol. The lowest BCUT2D eigenvalue weighted by Crippen LogP contribution is -2.26. The number of nitrogens with one attached hydrogen (secondary N) is 2. The monoisotopic (exact) mass is 179 g/mol. The predicted octanol–water partition coefficient (Wildman–Crippen LogP) is 0.919. The standard InChI is InChI=1S/C9H13N3O/c1-5-6(2)11-12-8(5)9(13)10-7-3-4-7/h7H,3-4H2,1-2H3,(H,10,13)(H,11,12). The van der Waals surface area contributed by atoms with E-state index in [2.05, 4.69) is 15.5 Å². The molecule has 4 heteroatoms. The molecule has 0 radical (unpaired) electrons. The van der Waals surface area contributed by atoms with Crippen molar-refractivity contribution in [2.24, 2.45) is 0 Å². The summed E-state index contributed by atoms with van der Waals surface area (Å²) >= 11 is 0. The van der Waals surface area contributed by atoms with Crippen LogP contribution in [0, 0.1) is 13.8 Å². The molecule has 1 aliphatic carbocycles. The second kappa shape index (κ2) is 2.87. The fourth-order valence-electron chi connectivity index (χ4n) is 1.19. The second-order valence-corrected chi connectivity index (χ2v) is 3.57. The van der Waals surface area contributed by atoms with Crippen LogP contribution in [-0.4, -0.2) is 22.1 Å². The van der Waals surface area contributed by atoms with Gasteiger partial charge in [-0.05, 0) is 26.7 Å². The molecule has 2 N–H and O–H groups in total. The Kier molecular flexibility index (Phi) is 1.83. The Bertz CT molecular complexity index is 339. The summed E-state index contributed by atoms with van der Waals surface area (Å²) in [6.07, 6.45) is 2.21. The van der Waals surface area contributed by atoms with Gasteiger partial charge in [-0.3, -0.25) is 9.89 Å². The largest absolute Gasteiger partial charge is 0.348 e. The molecule has 0 saturated heterocycles. The first-order valence-electron chi connectivity index (χ1n) is 4.51. The molecule has 70 valence electrons. The number of amides is 1. The van der Waals surface area contributed by atoms with E-state index in [4.69, 9.17) is 0 Å². The minimum Gasteiger partial charge on any atom is -0.348 e. The SMILES string of the molecule is Cc1[nH]nc(C(=O)NC2CC2)c1C. The number of carbonyl (C=O) groups excluding carboxylic acids is 1. The number of hydrogen-bond acceptors (Lipinski definition) is 2. The molecule has 1 fully saturated rings. The van der Waals surface area contributed by atoms with Crippen molar-refractivity contribution in [3.8, 4) is 0 Å². The fraction of sp³-hybridized carbons (Fsp3) is 0.556. The molecule has 0 aromatic carbocycles. The predicted molar refractivity (Wildman–Crippen MR) is 48.5 cm³/mol. The normalized spacial score (nSPS) is 15.8. The highest BCUT2D eigenvalue weighted by molar-refractivity contribution is 5.94. The molecule has 0 unspecified atom stereocenters. The van der Waals surface area contributed by atoms with Crippen molar-refractivity contribution >= 4 is 5.91 Å². The van der Waals surface area contributed by atoms with E-state index in [-0.39, 0.29) is 5.91 Å². The third-order valence-corrected chi connectivity index (χ3v) is 2.38. The van der Waals surface area contributed by atoms with Crippen LogP contribution in [0.4, 0.5) is 0 Å². The van der Waals surface area contributed by atoms with Crippen LogP contribution in [0.25, 0.3) is 0 Å². The summed E-state index contributed by atoms with van der Waals surface area (Å²) < 4.78 is 0. The van der Waals surface area contributed by atoms with Crippen LogP contribution in [-0.2, 0) is 0 Å². The van der Waals surface area contributed by atoms with E-state index in [1.165, 1.54) is 0 Å². The first-order chi connectivity index (χ1) is 6.18. The summed E-state index contributed by atoms with van der Waals surface area (Å²) in [5.41, 5.74) is 2.43. The fourth-order valence-corrected chi connectivity index (χ4v) is 1.19. The van der Waals surface area contributed by atoms with E-state index in [0.717, 1.165) is 24.1 Å². The van der Waals surface area contributed by atoms with Crippen molar-refractivity contribution in [3.05, 3.63) is 17.0 Å². The third kappa shape index (κ3) is 1.56. The van der Waals surface area contributed by atoms with Gasteiger partial charge < -0.3 is 5.32 Å². The molecule has 1 amide bonds. The lowest BCUT2D eigenvalue weighted by atomic mass is 10.2. The summed E-state index contributed by atoms with van der Waals surface area (Å²) in [5, 5.41) is 9.66. The van der Waals surface area contributed by atoms with E-state index >= 15 is 0 Å². The van der Waals surface area contributed by atoms with Crippen molar-refractivity contribution in [2.45, 2.75) is 32.7 Å². The average molecular weight is 179 g/mol. The molecule has 0 spiro atoms. The van der Waals surface area contributed by atoms with Gasteiger partial charge in [-0.15, -0.1) is 0 Å². The van der Waals surface area contributed by atoms with E-state index in [1.54, 1.807) is 0 Å². The van der Waals surface area contributed by atoms with Crippen LogP contribution in [0.3, 0.4) is 0 Å². The minimum absolute atomic E-state index is 0.0515. The average Bonchev–Trinajstić information content (AvgIpc) is 2.82. The van der Waals surface area contributed by atoms with Gasteiger partial charge in [0, 0.05) is 17.3 Å². The zero-order valence-electron chi connectivity index (χ0n) is 7.85. The molecule has 1 aliphatic rings. The maximum Gasteiger partial charge on any atom is 0.272 e. The molecular formula is C9H13N3O. The highest BCUT2D eigenvalue weighted by Crippen LogP contribution is 2.19. The van der Waals surface area contributed by atoms with Gasteiger partial charge in [0.1, 0.15) is 0 Å². The van der Waals surface area contributed by atoms with Crippen molar-refractivity contribution in [1.82, 2.24) is 15.5 Å². The Morgan fingerprint density at radius 2 is 2.23 bits per heavy atom. The van der Waals surface area contributed by atoms with Crippen molar-refractivity contribution < 1.29 is 4.79 Å². The maximum absolute atomic E-state index is 11.5. The van der Waals surface area contributed by atoms with Crippen LogP contribution in [0.1, 0.15) is 34.6 Å². The molecule has 4 nitrogen and oxygen atoms in total. The molecule has 1 saturated carbocycles. The van der Waals surface area contributed by atoms with Crippen LogP contribution in [0.15, 0.2) is 0 Å². The first kappa shape index (κ1) is 8.29. The molecule has 1 aromatic rings. The Hall–Kier alpha value is -1.32. The maximum atomic E-state index is 11.5. The Morgan fingerprint density at radius 3 is 2.69 bits per heavy atom. The van der Waals surface area contributed by atoms with Gasteiger partial charge in [0.25, 0.3) is 5.91 Å². The number of aromatic nitrogens is 2. The van der Waals surface area contributed by atoms with Crippen LogP contribution >= 0.6 is 0 Å². The highest BCUT2D eigenvalue weighted by Gasteiger charge is 2.25. The minimum atomic E-state index is -0.0515. The zero-order valence-corrected chi connectivity index (χ0v) is 7.85. The van der Waals surface area contributed by atoms with E-state index in [1.807, 2.05) is 13.8 Å². The lowest BCUT2D eigenvalue weighted by Gasteiger charge is -1.99. The Labute approximate surface area is 76.7 Å². The Balaban J connectivity index is 2.14. The smallest absolute Gasteiger partial charge is 0.272 e. The van der Waals surface area contributed by atoms with E-state index in [0.29, 0.717) is 11.7 Å². The molecule has 1 heterocycles. The summed E-state index contributed by atoms with van der Waals surface area (Å²) in [4.78, 5) is 11.5. The van der Waals surface area contributed by atoms with Gasteiger partial charge in [-0.1, -0.05) is 0 Å². The van der Waals surface area contributed by atoms with Crippen molar-refractivity contribution in [1.29, 1.82) is 0 Å². The number of nitrogens with zero attached hydrogens (tertiary/aromatic N) is 1. The van der Waals surface area contributed by atoms with Crippen LogP contribution < -0.4 is 5.32 Å². The topological polar surface area (TPSA) is 57.8 Å². The number of hydrogen-bond donors (Lipinski definition) is 2. The van der Waals surface area contributed by atoms with Gasteiger partial charge in [-0.2, -0.15) is 5.10 Å². The second-order valence-electron chi connectivity index (χ2n) is 3.57. The number of rotatable bonds is 2. The van der Waals surface area contributed by atoms with Gasteiger partial charge >= 0.3 is 0 Å². The van der Waals surface area contributed by atoms with Gasteiger partial charge in [0.15, 0.2) is 5.69 Å². The molecule has 13 heavy (non-hydrogen) atoms. The van der Waals surface area contributed by atoms with Crippen LogP contribution in [0.5, 0.6) is 0 Å². The van der Waals surface area contributed by atoms with E-state index < -0.39 is 0 Å². The van der Waals surface area contributed by atoms with Crippen molar-refractivity contribution in [3.63, 3.8) is 0 Å².